The van der Waals surface area contributed by atoms with Crippen LogP contribution in [-0.2, 0) is 22.6 Å². The highest BCUT2D eigenvalue weighted by Gasteiger charge is 2.37. The molecule has 1 aromatic heterocycles. The molecule has 0 atom stereocenters. The van der Waals surface area contributed by atoms with Crippen molar-refractivity contribution in [2.24, 2.45) is 0 Å². The smallest absolute Gasteiger partial charge is 0.416 e. The average molecular weight is 495 g/mol. The Kier molecular flexibility index (Phi) is 7.98. The lowest BCUT2D eigenvalue weighted by Gasteiger charge is -2.15. The number of esters is 1. The van der Waals surface area contributed by atoms with Crippen molar-refractivity contribution in [3.05, 3.63) is 76.9 Å². The Balaban J connectivity index is 1.91. The highest BCUT2D eigenvalue weighted by atomic mass is 32.1. The SMILES string of the molecule is C=C(c1c(COc2cccc(CCC(=O)OC)c2)csc1-c1cc(OC)ccc1F)C(F)(F)F. The van der Waals surface area contributed by atoms with Crippen LogP contribution in [0.1, 0.15) is 23.1 Å². The molecule has 0 saturated carbocycles. The van der Waals surface area contributed by atoms with E-state index >= 15 is 0 Å². The first-order valence-electron chi connectivity index (χ1n) is 10.1. The van der Waals surface area contributed by atoms with Gasteiger partial charge in [0.05, 0.1) is 19.8 Å². The zero-order valence-electron chi connectivity index (χ0n) is 18.5. The minimum atomic E-state index is -4.71. The molecule has 2 aromatic carbocycles. The van der Waals surface area contributed by atoms with E-state index in [1.165, 1.54) is 31.7 Å². The minimum Gasteiger partial charge on any atom is -0.497 e. The van der Waals surface area contributed by atoms with E-state index in [4.69, 9.17) is 9.47 Å². The van der Waals surface area contributed by atoms with Crippen LogP contribution in [0, 0.1) is 5.82 Å². The first-order chi connectivity index (χ1) is 16.1. The molecule has 0 unspecified atom stereocenters. The molecular weight excluding hydrogens is 472 g/mol. The third-order valence-electron chi connectivity index (χ3n) is 5.07. The molecule has 0 spiro atoms. The summed E-state index contributed by atoms with van der Waals surface area (Å²) in [5.41, 5.74) is -0.277. The van der Waals surface area contributed by atoms with Crippen LogP contribution < -0.4 is 9.47 Å². The number of halogens is 4. The number of hydrogen-bond acceptors (Lipinski definition) is 5. The van der Waals surface area contributed by atoms with E-state index in [-0.39, 0.29) is 40.6 Å². The molecule has 0 aliphatic heterocycles. The Morgan fingerprint density at radius 1 is 1.09 bits per heavy atom. The van der Waals surface area contributed by atoms with Crippen molar-refractivity contribution >= 4 is 22.9 Å². The summed E-state index contributed by atoms with van der Waals surface area (Å²) in [5, 5.41) is 1.50. The molecule has 3 rings (SSSR count). The first-order valence-corrected chi connectivity index (χ1v) is 11.0. The molecule has 0 fully saturated rings. The van der Waals surface area contributed by atoms with Crippen LogP contribution in [0.15, 0.2) is 54.4 Å². The van der Waals surface area contributed by atoms with Crippen LogP contribution in [0.5, 0.6) is 11.5 Å². The first kappa shape index (κ1) is 25.3. The second-order valence-electron chi connectivity index (χ2n) is 7.30. The molecule has 9 heteroatoms. The summed E-state index contributed by atoms with van der Waals surface area (Å²) in [6.07, 6.45) is -4.10. The summed E-state index contributed by atoms with van der Waals surface area (Å²) in [6.45, 7) is 3.05. The minimum absolute atomic E-state index is 0.0131. The topological polar surface area (TPSA) is 44.8 Å². The third-order valence-corrected chi connectivity index (χ3v) is 6.13. The third kappa shape index (κ3) is 5.96. The van der Waals surface area contributed by atoms with Crippen LogP contribution in [0.2, 0.25) is 0 Å². The second kappa shape index (κ2) is 10.7. The van der Waals surface area contributed by atoms with Crippen molar-refractivity contribution in [2.75, 3.05) is 14.2 Å². The largest absolute Gasteiger partial charge is 0.497 e. The van der Waals surface area contributed by atoms with Gasteiger partial charge >= 0.3 is 12.1 Å². The molecule has 4 nitrogen and oxygen atoms in total. The number of hydrogen-bond donors (Lipinski definition) is 0. The van der Waals surface area contributed by atoms with Crippen molar-refractivity contribution in [1.29, 1.82) is 0 Å². The highest BCUT2D eigenvalue weighted by Crippen LogP contribution is 2.44. The van der Waals surface area contributed by atoms with Gasteiger partial charge in [0, 0.05) is 28.0 Å². The fraction of sp³-hybridized carbons (Fsp3) is 0.240. The Bertz CT molecular complexity index is 1180. The molecule has 1 heterocycles. The van der Waals surface area contributed by atoms with Gasteiger partial charge in [0.1, 0.15) is 23.9 Å². The molecule has 34 heavy (non-hydrogen) atoms. The molecule has 180 valence electrons. The number of carbonyl (C=O) groups excluding carboxylic acids is 1. The van der Waals surface area contributed by atoms with Crippen LogP contribution in [0.4, 0.5) is 17.6 Å². The molecular formula is C25H22F4O4S. The van der Waals surface area contributed by atoms with Gasteiger partial charge in [-0.3, -0.25) is 4.79 Å². The predicted molar refractivity (Wildman–Crippen MR) is 122 cm³/mol. The number of methoxy groups -OCH3 is 2. The van der Waals surface area contributed by atoms with E-state index in [1.807, 2.05) is 0 Å². The van der Waals surface area contributed by atoms with Crippen molar-refractivity contribution in [3.63, 3.8) is 0 Å². The number of benzene rings is 2. The van der Waals surface area contributed by atoms with Crippen LogP contribution in [0.3, 0.4) is 0 Å². The maximum Gasteiger partial charge on any atom is 0.416 e. The molecule has 0 aliphatic carbocycles. The summed E-state index contributed by atoms with van der Waals surface area (Å²) < 4.78 is 71.0. The zero-order chi connectivity index (χ0) is 24.9. The predicted octanol–water partition coefficient (Wildman–Crippen LogP) is 6.82. The maximum absolute atomic E-state index is 14.6. The normalized spacial score (nSPS) is 11.2. The fourth-order valence-electron chi connectivity index (χ4n) is 3.28. The van der Waals surface area contributed by atoms with Crippen molar-refractivity contribution in [2.45, 2.75) is 25.6 Å². The molecule has 0 N–H and O–H groups in total. The summed E-state index contributed by atoms with van der Waals surface area (Å²) in [7, 11) is 2.69. The number of ether oxygens (including phenoxy) is 3. The number of rotatable bonds is 9. The molecule has 0 saturated heterocycles. The Morgan fingerprint density at radius 3 is 2.53 bits per heavy atom. The lowest BCUT2D eigenvalue weighted by molar-refractivity contribution is -0.140. The van der Waals surface area contributed by atoms with Gasteiger partial charge in [-0.1, -0.05) is 18.7 Å². The van der Waals surface area contributed by atoms with E-state index in [0.29, 0.717) is 17.9 Å². The molecule has 0 bridgehead atoms. The summed E-state index contributed by atoms with van der Waals surface area (Å²) >= 11 is 0.971. The monoisotopic (exact) mass is 494 g/mol. The van der Waals surface area contributed by atoms with Gasteiger partial charge in [-0.25, -0.2) is 4.39 Å². The number of alkyl halides is 3. The second-order valence-corrected chi connectivity index (χ2v) is 8.18. The van der Waals surface area contributed by atoms with Gasteiger partial charge in [0.2, 0.25) is 0 Å². The van der Waals surface area contributed by atoms with Crippen LogP contribution in [0.25, 0.3) is 16.0 Å². The maximum atomic E-state index is 14.6. The van der Waals surface area contributed by atoms with Gasteiger partial charge in [0.25, 0.3) is 0 Å². The fourth-order valence-corrected chi connectivity index (χ4v) is 4.38. The van der Waals surface area contributed by atoms with E-state index in [0.717, 1.165) is 23.0 Å². The Hall–Kier alpha value is -3.33. The van der Waals surface area contributed by atoms with Gasteiger partial charge in [-0.15, -0.1) is 11.3 Å². The number of thiophene rings is 1. The quantitative estimate of drug-likeness (QED) is 0.242. The van der Waals surface area contributed by atoms with Crippen LogP contribution >= 0.6 is 11.3 Å². The van der Waals surface area contributed by atoms with Crippen molar-refractivity contribution in [1.82, 2.24) is 0 Å². The Labute approximate surface area is 198 Å². The van der Waals surface area contributed by atoms with E-state index in [2.05, 4.69) is 11.3 Å². The van der Waals surface area contributed by atoms with E-state index in [1.54, 1.807) is 24.3 Å². The summed E-state index contributed by atoms with van der Waals surface area (Å²) in [4.78, 5) is 11.4. The van der Waals surface area contributed by atoms with Gasteiger partial charge in [-0.05, 0) is 47.7 Å². The van der Waals surface area contributed by atoms with Gasteiger partial charge in [-0.2, -0.15) is 13.2 Å². The summed E-state index contributed by atoms with van der Waals surface area (Å²) in [6, 6.07) is 10.8. The Morgan fingerprint density at radius 2 is 1.85 bits per heavy atom. The van der Waals surface area contributed by atoms with E-state index < -0.39 is 17.6 Å². The number of aryl methyl sites for hydroxylation is 1. The van der Waals surface area contributed by atoms with Gasteiger partial charge < -0.3 is 14.2 Å². The molecule has 0 radical (unpaired) electrons. The van der Waals surface area contributed by atoms with Crippen molar-refractivity contribution < 1.29 is 36.6 Å². The lowest BCUT2D eigenvalue weighted by Crippen LogP contribution is -2.12. The summed E-state index contributed by atoms with van der Waals surface area (Å²) in [5.74, 6) is -0.289. The molecule has 0 amide bonds. The van der Waals surface area contributed by atoms with Crippen molar-refractivity contribution in [3.8, 4) is 21.9 Å². The number of carbonyl (C=O) groups is 1. The standard InChI is InChI=1S/C25H22F4O4S/c1-15(25(27,28)29)23-17(14-34-24(23)20-12-18(31-2)8-9-21(20)26)13-33-19-6-4-5-16(11-19)7-10-22(30)32-3/h4-6,8-9,11-12,14H,1,7,10,13H2,2-3H3. The highest BCUT2D eigenvalue weighted by molar-refractivity contribution is 7.14. The molecule has 3 aromatic rings. The van der Waals surface area contributed by atoms with E-state index in [9.17, 15) is 22.4 Å². The van der Waals surface area contributed by atoms with Crippen LogP contribution in [-0.4, -0.2) is 26.4 Å². The lowest BCUT2D eigenvalue weighted by atomic mass is 9.99. The number of allylic oxidation sites excluding steroid dienone is 1. The van der Waals surface area contributed by atoms with Gasteiger partial charge in [0.15, 0.2) is 0 Å². The molecule has 0 aliphatic rings. The average Bonchev–Trinajstić information content (AvgIpc) is 3.24. The zero-order valence-corrected chi connectivity index (χ0v) is 19.3.